The first-order valence-corrected chi connectivity index (χ1v) is 6.54. The lowest BCUT2D eigenvalue weighted by Gasteiger charge is -2.05. The average molecular weight is 282 g/mol. The van der Waals surface area contributed by atoms with Crippen LogP contribution in [0.15, 0.2) is 53.3 Å². The number of H-pyrrole nitrogens is 1. The summed E-state index contributed by atoms with van der Waals surface area (Å²) < 4.78 is 6.35. The maximum Gasteiger partial charge on any atom is 0.337 e. The Hall–Kier alpha value is -2.82. The molecule has 3 aromatic rings. The molecule has 5 nitrogen and oxygen atoms in total. The number of carbonyl (C=O) groups is 1. The van der Waals surface area contributed by atoms with Gasteiger partial charge in [0.25, 0.3) is 0 Å². The van der Waals surface area contributed by atoms with Crippen LogP contribution in [-0.2, 0) is 11.3 Å². The van der Waals surface area contributed by atoms with E-state index in [-0.39, 0.29) is 11.7 Å². The molecule has 0 spiro atoms. The van der Waals surface area contributed by atoms with E-state index in [1.54, 1.807) is 22.8 Å². The number of para-hydroxylation sites is 2. The average Bonchev–Trinajstić information content (AvgIpc) is 2.83. The Kier molecular flexibility index (Phi) is 3.31. The summed E-state index contributed by atoms with van der Waals surface area (Å²) in [6.07, 6.45) is 0. The molecule has 0 bridgehead atoms. The van der Waals surface area contributed by atoms with Gasteiger partial charge >= 0.3 is 11.7 Å². The molecule has 1 N–H and O–H groups in total. The number of carbonyl (C=O) groups excluding carboxylic acids is 1. The highest BCUT2D eigenvalue weighted by molar-refractivity contribution is 5.89. The Bertz CT molecular complexity index is 861. The summed E-state index contributed by atoms with van der Waals surface area (Å²) in [7, 11) is 1.35. The summed E-state index contributed by atoms with van der Waals surface area (Å²) in [6, 6.07) is 14.6. The Labute approximate surface area is 120 Å². The van der Waals surface area contributed by atoms with Crippen molar-refractivity contribution in [3.05, 3.63) is 70.1 Å². The summed E-state index contributed by atoms with van der Waals surface area (Å²) in [6.45, 7) is 0.397. The first kappa shape index (κ1) is 13.2. The molecule has 0 saturated heterocycles. The van der Waals surface area contributed by atoms with Crippen molar-refractivity contribution in [2.45, 2.75) is 6.54 Å². The summed E-state index contributed by atoms with van der Waals surface area (Å²) in [5.74, 6) is -0.386. The third-order valence-electron chi connectivity index (χ3n) is 3.37. The molecule has 0 atom stereocenters. The highest BCUT2D eigenvalue weighted by Crippen LogP contribution is 2.13. The number of hydrogen-bond acceptors (Lipinski definition) is 3. The van der Waals surface area contributed by atoms with Crippen molar-refractivity contribution in [1.82, 2.24) is 9.55 Å². The molecule has 5 heteroatoms. The number of nitrogens with zero attached hydrogens (tertiary/aromatic N) is 1. The fourth-order valence-corrected chi connectivity index (χ4v) is 2.36. The van der Waals surface area contributed by atoms with Gasteiger partial charge in [-0.15, -0.1) is 0 Å². The zero-order valence-corrected chi connectivity index (χ0v) is 11.5. The number of imidazole rings is 1. The van der Waals surface area contributed by atoms with Crippen molar-refractivity contribution in [2.75, 3.05) is 7.11 Å². The van der Waals surface area contributed by atoms with E-state index in [2.05, 4.69) is 4.98 Å². The van der Waals surface area contributed by atoms with E-state index >= 15 is 0 Å². The van der Waals surface area contributed by atoms with Gasteiger partial charge < -0.3 is 9.72 Å². The smallest absolute Gasteiger partial charge is 0.337 e. The number of benzene rings is 2. The van der Waals surface area contributed by atoms with Crippen LogP contribution in [0.25, 0.3) is 11.0 Å². The van der Waals surface area contributed by atoms with Crippen molar-refractivity contribution in [3.63, 3.8) is 0 Å². The van der Waals surface area contributed by atoms with Gasteiger partial charge in [-0.2, -0.15) is 0 Å². The summed E-state index contributed by atoms with van der Waals surface area (Å²) >= 11 is 0. The lowest BCUT2D eigenvalue weighted by molar-refractivity contribution is 0.0600. The number of rotatable bonds is 3. The number of hydrogen-bond donors (Lipinski definition) is 1. The van der Waals surface area contributed by atoms with Crippen LogP contribution in [0.2, 0.25) is 0 Å². The Morgan fingerprint density at radius 3 is 2.81 bits per heavy atom. The molecule has 1 aromatic heterocycles. The second-order valence-electron chi connectivity index (χ2n) is 4.73. The maximum absolute atomic E-state index is 12.0. The number of aromatic amines is 1. The maximum atomic E-state index is 12.0. The van der Waals surface area contributed by atoms with Crippen molar-refractivity contribution in [2.24, 2.45) is 0 Å². The molecular formula is C16H14N2O3. The van der Waals surface area contributed by atoms with Crippen LogP contribution in [0.4, 0.5) is 0 Å². The van der Waals surface area contributed by atoms with Crippen LogP contribution < -0.4 is 5.69 Å². The quantitative estimate of drug-likeness (QED) is 0.749. The molecule has 21 heavy (non-hydrogen) atoms. The molecular weight excluding hydrogens is 268 g/mol. The van der Waals surface area contributed by atoms with Crippen molar-refractivity contribution >= 4 is 17.0 Å². The van der Waals surface area contributed by atoms with Gasteiger partial charge in [-0.1, -0.05) is 24.3 Å². The largest absolute Gasteiger partial charge is 0.465 e. The predicted octanol–water partition coefficient (Wildman–Crippen LogP) is 2.16. The van der Waals surface area contributed by atoms with Gasteiger partial charge in [0.2, 0.25) is 0 Å². The van der Waals surface area contributed by atoms with Crippen LogP contribution in [0.1, 0.15) is 15.9 Å². The zero-order valence-electron chi connectivity index (χ0n) is 11.5. The van der Waals surface area contributed by atoms with Gasteiger partial charge in [-0.05, 0) is 29.8 Å². The van der Waals surface area contributed by atoms with Gasteiger partial charge in [-0.3, -0.25) is 4.57 Å². The molecule has 0 radical (unpaired) electrons. The second-order valence-corrected chi connectivity index (χ2v) is 4.73. The molecule has 0 aliphatic rings. The van der Waals surface area contributed by atoms with E-state index in [0.717, 1.165) is 16.6 Å². The van der Waals surface area contributed by atoms with E-state index in [0.29, 0.717) is 12.1 Å². The molecule has 0 fully saturated rings. The van der Waals surface area contributed by atoms with Crippen molar-refractivity contribution < 1.29 is 9.53 Å². The third-order valence-corrected chi connectivity index (χ3v) is 3.37. The molecule has 2 aromatic carbocycles. The summed E-state index contributed by atoms with van der Waals surface area (Å²) in [4.78, 5) is 26.4. The normalized spacial score (nSPS) is 10.7. The second kappa shape index (κ2) is 5.28. The zero-order chi connectivity index (χ0) is 14.8. The highest BCUT2D eigenvalue weighted by atomic mass is 16.5. The fraction of sp³-hybridized carbons (Fsp3) is 0.125. The number of methoxy groups -OCH3 is 1. The van der Waals surface area contributed by atoms with Gasteiger partial charge in [0.1, 0.15) is 0 Å². The number of fused-ring (bicyclic) bond motifs is 1. The first-order chi connectivity index (χ1) is 10.2. The van der Waals surface area contributed by atoms with E-state index < -0.39 is 0 Å². The first-order valence-electron chi connectivity index (χ1n) is 6.54. The van der Waals surface area contributed by atoms with Gasteiger partial charge in [0.15, 0.2) is 0 Å². The molecule has 0 amide bonds. The van der Waals surface area contributed by atoms with Crippen LogP contribution in [-0.4, -0.2) is 22.6 Å². The topological polar surface area (TPSA) is 64.1 Å². The molecule has 0 saturated carbocycles. The highest BCUT2D eigenvalue weighted by Gasteiger charge is 2.09. The minimum absolute atomic E-state index is 0.167. The van der Waals surface area contributed by atoms with E-state index in [9.17, 15) is 9.59 Å². The number of nitrogens with one attached hydrogen (secondary N) is 1. The molecule has 106 valence electrons. The lowest BCUT2D eigenvalue weighted by atomic mass is 10.1. The monoisotopic (exact) mass is 282 g/mol. The number of aromatic nitrogens is 2. The van der Waals surface area contributed by atoms with Crippen LogP contribution in [0, 0.1) is 0 Å². The van der Waals surface area contributed by atoms with Crippen LogP contribution >= 0.6 is 0 Å². The fourth-order valence-electron chi connectivity index (χ4n) is 2.36. The summed E-state index contributed by atoms with van der Waals surface area (Å²) in [5.41, 5.74) is 2.81. The molecule has 1 heterocycles. The number of ether oxygens (including phenoxy) is 1. The molecule has 0 aliphatic heterocycles. The van der Waals surface area contributed by atoms with Crippen LogP contribution in [0.5, 0.6) is 0 Å². The molecule has 0 aliphatic carbocycles. The molecule has 0 unspecified atom stereocenters. The van der Waals surface area contributed by atoms with E-state index in [1.807, 2.05) is 30.3 Å². The Morgan fingerprint density at radius 2 is 2.00 bits per heavy atom. The standard InChI is InChI=1S/C16H14N2O3/c1-21-15(19)12-6-4-5-11(9-12)10-18-14-8-3-2-7-13(14)17-16(18)20/h2-9H,10H2,1H3,(H,17,20). The third kappa shape index (κ3) is 2.45. The Balaban J connectivity index is 2.01. The summed E-state index contributed by atoms with van der Waals surface area (Å²) in [5, 5.41) is 0. The van der Waals surface area contributed by atoms with Crippen molar-refractivity contribution in [3.8, 4) is 0 Å². The minimum atomic E-state index is -0.386. The van der Waals surface area contributed by atoms with E-state index in [1.165, 1.54) is 7.11 Å². The Morgan fingerprint density at radius 1 is 1.19 bits per heavy atom. The van der Waals surface area contributed by atoms with Gasteiger partial charge in [-0.25, -0.2) is 9.59 Å². The van der Waals surface area contributed by atoms with E-state index in [4.69, 9.17) is 4.74 Å². The lowest BCUT2D eigenvalue weighted by Crippen LogP contribution is -2.17. The minimum Gasteiger partial charge on any atom is -0.465 e. The van der Waals surface area contributed by atoms with Gasteiger partial charge in [0.05, 0.1) is 30.3 Å². The SMILES string of the molecule is COC(=O)c1cccc(Cn2c(=O)[nH]c3ccccc32)c1. The van der Waals surface area contributed by atoms with Crippen molar-refractivity contribution in [1.29, 1.82) is 0 Å². The van der Waals surface area contributed by atoms with Crippen LogP contribution in [0.3, 0.4) is 0 Å². The molecule has 3 rings (SSSR count). The van der Waals surface area contributed by atoms with Gasteiger partial charge in [0, 0.05) is 0 Å². The predicted molar refractivity (Wildman–Crippen MR) is 79.4 cm³/mol. The number of esters is 1.